The molecule has 6 heteroatoms. The Balaban J connectivity index is 2.29. The molecule has 1 aliphatic rings. The fraction of sp³-hybridized carbons (Fsp3) is 0.692. The summed E-state index contributed by atoms with van der Waals surface area (Å²) in [7, 11) is 0. The summed E-state index contributed by atoms with van der Waals surface area (Å²) in [6.07, 6.45) is 2.76. The van der Waals surface area contributed by atoms with Crippen molar-refractivity contribution in [3.63, 3.8) is 0 Å². The lowest BCUT2D eigenvalue weighted by Gasteiger charge is -2.21. The Kier molecular flexibility index (Phi) is 4.42. The molecule has 1 aliphatic carbocycles. The van der Waals surface area contributed by atoms with Crippen molar-refractivity contribution in [3.05, 3.63) is 21.1 Å². The van der Waals surface area contributed by atoms with E-state index in [1.54, 1.807) is 6.92 Å². The van der Waals surface area contributed by atoms with Crippen LogP contribution in [0.5, 0.6) is 0 Å². The summed E-state index contributed by atoms with van der Waals surface area (Å²) < 4.78 is 0. The van der Waals surface area contributed by atoms with E-state index in [1.165, 1.54) is 30.2 Å². The molecule has 19 heavy (non-hydrogen) atoms. The van der Waals surface area contributed by atoms with E-state index in [-0.39, 0.29) is 10.6 Å². The molecule has 5 nitrogen and oxygen atoms in total. The molecule has 0 saturated heterocycles. The van der Waals surface area contributed by atoms with Gasteiger partial charge < -0.3 is 10.0 Å². The van der Waals surface area contributed by atoms with Crippen LogP contribution >= 0.6 is 11.3 Å². The highest BCUT2D eigenvalue weighted by Crippen LogP contribution is 2.42. The van der Waals surface area contributed by atoms with E-state index in [0.717, 1.165) is 19.5 Å². The van der Waals surface area contributed by atoms with Crippen molar-refractivity contribution in [2.75, 3.05) is 18.0 Å². The normalized spacial score (nSPS) is 16.4. The van der Waals surface area contributed by atoms with Crippen LogP contribution in [-0.4, -0.2) is 23.1 Å². The molecular formula is C13H20N2O3S. The fourth-order valence-corrected chi connectivity index (χ4v) is 3.21. The molecule has 0 bridgehead atoms. The van der Waals surface area contributed by atoms with Gasteiger partial charge in [-0.2, -0.15) is 0 Å². The first-order valence-electron chi connectivity index (χ1n) is 6.74. The Bertz CT molecular complexity index is 455. The van der Waals surface area contributed by atoms with E-state index in [0.29, 0.717) is 15.8 Å². The Hall–Kier alpha value is -1.14. The zero-order valence-corrected chi connectivity index (χ0v) is 12.2. The predicted molar refractivity (Wildman–Crippen MR) is 76.8 cm³/mol. The topological polar surface area (TPSA) is 66.6 Å². The number of anilines is 1. The second-order valence-electron chi connectivity index (χ2n) is 5.16. The van der Waals surface area contributed by atoms with Crippen molar-refractivity contribution < 1.29 is 10.0 Å². The average molecular weight is 284 g/mol. The van der Waals surface area contributed by atoms with Gasteiger partial charge in [-0.15, -0.1) is 11.3 Å². The van der Waals surface area contributed by atoms with Crippen molar-refractivity contribution in [2.45, 2.75) is 39.2 Å². The highest BCUT2D eigenvalue weighted by Gasteiger charge is 2.30. The minimum absolute atomic E-state index is 0.134. The van der Waals surface area contributed by atoms with Gasteiger partial charge in [-0.3, -0.25) is 10.1 Å². The number of hydrogen-bond acceptors (Lipinski definition) is 5. The standard InChI is InChI=1S/C13H20N2O3S/c1-3-6-14(8-10-4-5-10)13-11(15(17)18)7-12(19-13)9(2)16/h7,9-10,16H,3-6,8H2,1-2H3/t9-/m1/s1. The van der Waals surface area contributed by atoms with Gasteiger partial charge in [0.25, 0.3) is 0 Å². The lowest BCUT2D eigenvalue weighted by atomic mass is 10.3. The molecule has 1 heterocycles. The van der Waals surface area contributed by atoms with E-state index in [1.807, 2.05) is 0 Å². The highest BCUT2D eigenvalue weighted by molar-refractivity contribution is 7.16. The molecule has 1 saturated carbocycles. The van der Waals surface area contributed by atoms with Crippen LogP contribution in [0.1, 0.15) is 44.1 Å². The molecular weight excluding hydrogens is 264 g/mol. The van der Waals surface area contributed by atoms with Crippen LogP contribution in [0.25, 0.3) is 0 Å². The molecule has 0 amide bonds. The van der Waals surface area contributed by atoms with Gasteiger partial charge in [-0.25, -0.2) is 0 Å². The van der Waals surface area contributed by atoms with E-state index < -0.39 is 6.10 Å². The van der Waals surface area contributed by atoms with Crippen LogP contribution in [0.15, 0.2) is 6.07 Å². The van der Waals surface area contributed by atoms with E-state index >= 15 is 0 Å². The molecule has 106 valence electrons. The summed E-state index contributed by atoms with van der Waals surface area (Å²) >= 11 is 1.35. The molecule has 1 N–H and O–H groups in total. The SMILES string of the molecule is CCCN(CC1CC1)c1sc([C@@H](C)O)cc1[N+](=O)[O-]. The van der Waals surface area contributed by atoms with Crippen molar-refractivity contribution in [3.8, 4) is 0 Å². The summed E-state index contributed by atoms with van der Waals surface area (Å²) in [5.74, 6) is 0.684. The van der Waals surface area contributed by atoms with Crippen molar-refractivity contribution in [1.29, 1.82) is 0 Å². The Morgan fingerprint density at radius 1 is 1.63 bits per heavy atom. The molecule has 2 rings (SSSR count). The first-order chi connectivity index (χ1) is 9.02. The summed E-state index contributed by atoms with van der Waals surface area (Å²) in [5, 5.41) is 21.5. The Morgan fingerprint density at radius 3 is 2.79 bits per heavy atom. The number of rotatable bonds is 7. The molecule has 1 aromatic heterocycles. The molecule has 0 unspecified atom stereocenters. The Labute approximate surface area is 117 Å². The van der Waals surface area contributed by atoms with Crippen molar-refractivity contribution >= 4 is 22.0 Å². The van der Waals surface area contributed by atoms with Gasteiger partial charge in [0.15, 0.2) is 5.00 Å². The van der Waals surface area contributed by atoms with E-state index in [4.69, 9.17) is 0 Å². The maximum Gasteiger partial charge on any atom is 0.304 e. The number of aliphatic hydroxyl groups is 1. The summed E-state index contributed by atoms with van der Waals surface area (Å²) in [6.45, 7) is 5.45. The van der Waals surface area contributed by atoms with Gasteiger partial charge >= 0.3 is 5.69 Å². The first-order valence-corrected chi connectivity index (χ1v) is 7.55. The second kappa shape index (κ2) is 5.88. The fourth-order valence-electron chi connectivity index (χ4n) is 2.11. The van der Waals surface area contributed by atoms with Crippen LogP contribution in [-0.2, 0) is 0 Å². The maximum absolute atomic E-state index is 11.2. The van der Waals surface area contributed by atoms with Gasteiger partial charge in [-0.1, -0.05) is 6.92 Å². The number of nitro groups is 1. The van der Waals surface area contributed by atoms with Gasteiger partial charge in [-0.05, 0) is 32.1 Å². The molecule has 1 fully saturated rings. The predicted octanol–water partition coefficient (Wildman–Crippen LogP) is 3.34. The van der Waals surface area contributed by atoms with Crippen molar-refractivity contribution in [1.82, 2.24) is 0 Å². The van der Waals surface area contributed by atoms with Gasteiger partial charge in [0.05, 0.1) is 11.0 Å². The van der Waals surface area contributed by atoms with Crippen LogP contribution in [0.4, 0.5) is 10.7 Å². The second-order valence-corrected chi connectivity index (χ2v) is 6.22. The Morgan fingerprint density at radius 2 is 2.32 bits per heavy atom. The minimum atomic E-state index is -0.651. The summed E-state index contributed by atoms with van der Waals surface area (Å²) in [4.78, 5) is 13.6. The maximum atomic E-state index is 11.2. The van der Waals surface area contributed by atoms with Crippen LogP contribution < -0.4 is 4.90 Å². The zero-order valence-electron chi connectivity index (χ0n) is 11.3. The van der Waals surface area contributed by atoms with Gasteiger partial charge in [0.1, 0.15) is 0 Å². The van der Waals surface area contributed by atoms with Gasteiger partial charge in [0, 0.05) is 24.0 Å². The van der Waals surface area contributed by atoms with Crippen molar-refractivity contribution in [2.24, 2.45) is 5.92 Å². The van der Waals surface area contributed by atoms with Crippen LogP contribution in [0.3, 0.4) is 0 Å². The monoisotopic (exact) mass is 284 g/mol. The zero-order chi connectivity index (χ0) is 14.0. The highest BCUT2D eigenvalue weighted by atomic mass is 32.1. The quantitative estimate of drug-likeness (QED) is 0.616. The molecule has 0 aromatic carbocycles. The van der Waals surface area contributed by atoms with Crippen LogP contribution in [0, 0.1) is 16.0 Å². The third-order valence-electron chi connectivity index (χ3n) is 3.28. The number of thiophene rings is 1. The molecule has 0 radical (unpaired) electrons. The minimum Gasteiger partial charge on any atom is -0.388 e. The van der Waals surface area contributed by atoms with E-state index in [9.17, 15) is 15.2 Å². The molecule has 0 spiro atoms. The lowest BCUT2D eigenvalue weighted by molar-refractivity contribution is -0.383. The molecule has 1 aromatic rings. The first kappa shape index (κ1) is 14.3. The summed E-state index contributed by atoms with van der Waals surface area (Å²) in [6, 6.07) is 1.51. The summed E-state index contributed by atoms with van der Waals surface area (Å²) in [5.41, 5.74) is 0.134. The smallest absolute Gasteiger partial charge is 0.304 e. The number of nitrogens with zero attached hydrogens (tertiary/aromatic N) is 2. The molecule has 1 atom stereocenters. The number of hydrogen-bond donors (Lipinski definition) is 1. The largest absolute Gasteiger partial charge is 0.388 e. The van der Waals surface area contributed by atoms with Gasteiger partial charge in [0.2, 0.25) is 0 Å². The van der Waals surface area contributed by atoms with E-state index in [2.05, 4.69) is 11.8 Å². The van der Waals surface area contributed by atoms with Crippen LogP contribution in [0.2, 0.25) is 0 Å². The third-order valence-corrected chi connectivity index (χ3v) is 4.63. The number of aliphatic hydroxyl groups excluding tert-OH is 1. The molecule has 0 aliphatic heterocycles. The third kappa shape index (κ3) is 3.45. The lowest BCUT2D eigenvalue weighted by Crippen LogP contribution is -2.26. The average Bonchev–Trinajstić information content (AvgIpc) is 3.04.